The van der Waals surface area contributed by atoms with Crippen LogP contribution < -0.4 is 0 Å². The molecule has 2 heterocycles. The summed E-state index contributed by atoms with van der Waals surface area (Å²) in [5, 5.41) is 8.09. The normalized spacial score (nSPS) is 35.8. The zero-order valence-corrected chi connectivity index (χ0v) is 12.0. The summed E-state index contributed by atoms with van der Waals surface area (Å²) in [6.07, 6.45) is 3.50. The lowest BCUT2D eigenvalue weighted by atomic mass is 9.96. The fourth-order valence-corrected chi connectivity index (χ4v) is 4.03. The largest absolute Gasteiger partial charge is 0.426 e. The lowest BCUT2D eigenvalue weighted by Gasteiger charge is -2.37. The molecule has 4 nitrogen and oxygen atoms in total. The third-order valence-corrected chi connectivity index (χ3v) is 4.50. The van der Waals surface area contributed by atoms with Gasteiger partial charge in [0.1, 0.15) is 0 Å². The minimum atomic E-state index is 0.257. The van der Waals surface area contributed by atoms with Gasteiger partial charge < -0.3 is 4.42 Å². The molecule has 0 radical (unpaired) electrons. The monoisotopic (exact) mass is 249 g/mol. The lowest BCUT2D eigenvalue weighted by molar-refractivity contribution is 0.104. The summed E-state index contributed by atoms with van der Waals surface area (Å²) in [6, 6.07) is 1.37. The van der Waals surface area contributed by atoms with Crippen molar-refractivity contribution in [3.05, 3.63) is 11.8 Å². The van der Waals surface area contributed by atoms with Crippen molar-refractivity contribution in [1.29, 1.82) is 0 Å². The molecule has 4 heteroatoms. The molecule has 1 aliphatic heterocycles. The van der Waals surface area contributed by atoms with Crippen molar-refractivity contribution in [3.63, 3.8) is 0 Å². The van der Waals surface area contributed by atoms with Crippen molar-refractivity contribution in [2.24, 2.45) is 5.41 Å². The van der Waals surface area contributed by atoms with Crippen molar-refractivity contribution < 1.29 is 4.42 Å². The van der Waals surface area contributed by atoms with Crippen LogP contribution in [0.4, 0.5) is 0 Å². The van der Waals surface area contributed by atoms with E-state index >= 15 is 0 Å². The van der Waals surface area contributed by atoms with E-state index < -0.39 is 0 Å². The maximum Gasteiger partial charge on any atom is 0.217 e. The Morgan fingerprint density at radius 2 is 2.06 bits per heavy atom. The number of hydrogen-bond donors (Lipinski definition) is 0. The molecular weight excluding hydrogens is 226 g/mol. The third-order valence-electron chi connectivity index (χ3n) is 4.50. The van der Waals surface area contributed by atoms with E-state index in [0.717, 1.165) is 12.3 Å². The average molecular weight is 249 g/mol. The SMILES string of the molecule is Cc1nnc(C[C@@]23C[C@@H](C)N(C(C)(C)C)[C@@H]2C3)o1. The Balaban J connectivity index is 1.77. The summed E-state index contributed by atoms with van der Waals surface area (Å²) in [5.41, 5.74) is 0.665. The van der Waals surface area contributed by atoms with Gasteiger partial charge in [-0.25, -0.2) is 0 Å². The molecule has 3 atom stereocenters. The fourth-order valence-electron chi connectivity index (χ4n) is 4.03. The van der Waals surface area contributed by atoms with Crippen LogP contribution in [0.25, 0.3) is 0 Å². The summed E-state index contributed by atoms with van der Waals surface area (Å²) in [7, 11) is 0. The minimum Gasteiger partial charge on any atom is -0.426 e. The third kappa shape index (κ3) is 1.78. The highest BCUT2D eigenvalue weighted by Gasteiger charge is 2.65. The summed E-state index contributed by atoms with van der Waals surface area (Å²) >= 11 is 0. The highest BCUT2D eigenvalue weighted by atomic mass is 16.4. The number of fused-ring (bicyclic) bond motifs is 1. The molecule has 0 spiro atoms. The van der Waals surface area contributed by atoms with E-state index in [4.69, 9.17) is 4.42 Å². The van der Waals surface area contributed by atoms with Crippen LogP contribution in [0.5, 0.6) is 0 Å². The van der Waals surface area contributed by atoms with Gasteiger partial charge in [-0.05, 0) is 46.0 Å². The van der Waals surface area contributed by atoms with Gasteiger partial charge in [0, 0.05) is 31.0 Å². The van der Waals surface area contributed by atoms with Gasteiger partial charge in [-0.2, -0.15) is 0 Å². The van der Waals surface area contributed by atoms with E-state index in [9.17, 15) is 0 Å². The van der Waals surface area contributed by atoms with E-state index in [0.29, 0.717) is 23.4 Å². The molecule has 2 aliphatic rings. The number of rotatable bonds is 2. The van der Waals surface area contributed by atoms with Crippen molar-refractivity contribution in [1.82, 2.24) is 15.1 Å². The summed E-state index contributed by atoms with van der Waals surface area (Å²) < 4.78 is 5.55. The highest BCUT2D eigenvalue weighted by molar-refractivity contribution is 5.20. The van der Waals surface area contributed by atoms with Crippen molar-refractivity contribution in [3.8, 4) is 0 Å². The number of aryl methyl sites for hydroxylation is 1. The molecule has 0 aromatic carbocycles. The molecular formula is C14H23N3O. The first kappa shape index (κ1) is 12.2. The molecule has 0 unspecified atom stereocenters. The number of hydrogen-bond acceptors (Lipinski definition) is 4. The van der Waals surface area contributed by atoms with Crippen LogP contribution in [0.15, 0.2) is 4.42 Å². The van der Waals surface area contributed by atoms with Gasteiger partial charge in [-0.1, -0.05) is 0 Å². The Bertz CT molecular complexity index is 462. The van der Waals surface area contributed by atoms with Crippen LogP contribution in [0.2, 0.25) is 0 Å². The number of likely N-dealkylation sites (tertiary alicyclic amines) is 1. The number of piperidine rings is 1. The van der Waals surface area contributed by atoms with Gasteiger partial charge in [0.25, 0.3) is 0 Å². The van der Waals surface area contributed by atoms with Crippen molar-refractivity contribution >= 4 is 0 Å². The molecule has 0 bridgehead atoms. The van der Waals surface area contributed by atoms with E-state index in [2.05, 4.69) is 42.8 Å². The first-order chi connectivity index (χ1) is 8.32. The molecule has 1 aromatic heterocycles. The van der Waals surface area contributed by atoms with Crippen LogP contribution in [0.3, 0.4) is 0 Å². The van der Waals surface area contributed by atoms with Gasteiger partial charge in [-0.15, -0.1) is 10.2 Å². The smallest absolute Gasteiger partial charge is 0.217 e. The van der Waals surface area contributed by atoms with Crippen LogP contribution in [-0.4, -0.2) is 32.7 Å². The van der Waals surface area contributed by atoms with Gasteiger partial charge in [0.15, 0.2) is 0 Å². The van der Waals surface area contributed by atoms with E-state index in [1.807, 2.05) is 6.92 Å². The Labute approximate surface area is 109 Å². The second-order valence-electron chi connectivity index (χ2n) is 7.11. The van der Waals surface area contributed by atoms with Crippen LogP contribution in [0, 0.1) is 12.3 Å². The molecule has 18 heavy (non-hydrogen) atoms. The van der Waals surface area contributed by atoms with Gasteiger partial charge in [-0.3, -0.25) is 4.90 Å². The molecule has 100 valence electrons. The van der Waals surface area contributed by atoms with Gasteiger partial charge >= 0.3 is 0 Å². The second-order valence-corrected chi connectivity index (χ2v) is 7.11. The number of aromatic nitrogens is 2. The maximum atomic E-state index is 5.55. The van der Waals surface area contributed by atoms with E-state index in [1.165, 1.54) is 12.8 Å². The molecule has 0 N–H and O–H groups in total. The molecule has 3 rings (SSSR count). The topological polar surface area (TPSA) is 42.2 Å². The quantitative estimate of drug-likeness (QED) is 0.808. The molecule has 1 aliphatic carbocycles. The highest BCUT2D eigenvalue weighted by Crippen LogP contribution is 2.62. The molecule has 1 aromatic rings. The first-order valence-electron chi connectivity index (χ1n) is 6.89. The fraction of sp³-hybridized carbons (Fsp3) is 0.857. The van der Waals surface area contributed by atoms with Crippen molar-refractivity contribution in [2.75, 3.05) is 0 Å². The Kier molecular flexibility index (Phi) is 2.40. The zero-order valence-electron chi connectivity index (χ0n) is 12.0. The summed E-state index contributed by atoms with van der Waals surface area (Å²) in [5.74, 6) is 1.50. The summed E-state index contributed by atoms with van der Waals surface area (Å²) in [4.78, 5) is 2.68. The maximum absolute atomic E-state index is 5.55. The predicted molar refractivity (Wildman–Crippen MR) is 69.2 cm³/mol. The van der Waals surface area contributed by atoms with Crippen molar-refractivity contribution in [2.45, 2.75) is 71.5 Å². The second kappa shape index (κ2) is 3.56. The lowest BCUT2D eigenvalue weighted by Crippen LogP contribution is -2.45. The molecule has 0 amide bonds. The minimum absolute atomic E-state index is 0.257. The average Bonchev–Trinajstić information content (AvgIpc) is 2.59. The summed E-state index contributed by atoms with van der Waals surface area (Å²) in [6.45, 7) is 11.1. The zero-order chi connectivity index (χ0) is 13.1. The predicted octanol–water partition coefficient (Wildman–Crippen LogP) is 2.57. The first-order valence-corrected chi connectivity index (χ1v) is 6.89. The van der Waals surface area contributed by atoms with Gasteiger partial charge in [0.2, 0.25) is 11.8 Å². The van der Waals surface area contributed by atoms with E-state index in [-0.39, 0.29) is 5.54 Å². The Morgan fingerprint density at radius 3 is 2.56 bits per heavy atom. The Morgan fingerprint density at radius 1 is 1.33 bits per heavy atom. The van der Waals surface area contributed by atoms with Gasteiger partial charge in [0.05, 0.1) is 0 Å². The number of nitrogens with zero attached hydrogens (tertiary/aromatic N) is 3. The van der Waals surface area contributed by atoms with Crippen LogP contribution in [0.1, 0.15) is 52.3 Å². The van der Waals surface area contributed by atoms with Crippen LogP contribution in [-0.2, 0) is 6.42 Å². The standard InChI is InChI=1S/C14H23N3O/c1-9-6-14(8-12-16-15-10(2)18-12)7-11(14)17(9)13(3,4)5/h9,11H,6-8H2,1-5H3/t9-,11-,14+/m1/s1. The molecule has 1 saturated heterocycles. The Hall–Kier alpha value is -0.900. The molecule has 2 fully saturated rings. The van der Waals surface area contributed by atoms with E-state index in [1.54, 1.807) is 0 Å². The van der Waals surface area contributed by atoms with Crippen LogP contribution >= 0.6 is 0 Å². The molecule has 1 saturated carbocycles.